The fraction of sp³-hybridized carbons (Fsp3) is 0.292. The Morgan fingerprint density at radius 3 is 2.64 bits per heavy atom. The molecule has 1 N–H and O–H groups in total. The number of rotatable bonds is 5. The first kappa shape index (κ1) is 18.7. The van der Waals surface area contributed by atoms with E-state index in [1.165, 1.54) is 11.1 Å². The SMILES string of the molecule is CCc1ccc(CN2CCOc3ccc([C@@H](O)c4cccnc4)cc3C2)cc1. The van der Waals surface area contributed by atoms with Gasteiger partial charge in [-0.3, -0.25) is 9.88 Å². The van der Waals surface area contributed by atoms with Crippen LogP contribution < -0.4 is 4.74 Å². The molecule has 144 valence electrons. The van der Waals surface area contributed by atoms with Gasteiger partial charge in [0.1, 0.15) is 18.5 Å². The summed E-state index contributed by atoms with van der Waals surface area (Å²) in [5.41, 5.74) is 5.45. The molecule has 0 amide bonds. The van der Waals surface area contributed by atoms with Crippen LogP contribution >= 0.6 is 0 Å². The molecular weight excluding hydrogens is 348 g/mol. The first-order valence-corrected chi connectivity index (χ1v) is 9.86. The molecule has 0 aliphatic carbocycles. The van der Waals surface area contributed by atoms with Crippen molar-refractivity contribution in [1.29, 1.82) is 0 Å². The van der Waals surface area contributed by atoms with Gasteiger partial charge in [0, 0.05) is 43.2 Å². The molecule has 0 spiro atoms. The summed E-state index contributed by atoms with van der Waals surface area (Å²) in [5.74, 6) is 0.908. The van der Waals surface area contributed by atoms with Gasteiger partial charge in [-0.15, -0.1) is 0 Å². The van der Waals surface area contributed by atoms with Gasteiger partial charge in [0.15, 0.2) is 0 Å². The van der Waals surface area contributed by atoms with Crippen LogP contribution in [0.5, 0.6) is 5.75 Å². The summed E-state index contributed by atoms with van der Waals surface area (Å²) in [4.78, 5) is 6.51. The van der Waals surface area contributed by atoms with Crippen molar-refractivity contribution >= 4 is 0 Å². The standard InChI is InChI=1S/C24H26N2O2/c1-2-18-5-7-19(8-6-18)16-26-12-13-28-23-10-9-20(14-22(23)17-26)24(27)21-4-3-11-25-15-21/h3-11,14-15,24,27H,2,12-13,16-17H2,1H3/t24-/m1/s1. The lowest BCUT2D eigenvalue weighted by molar-refractivity contribution is 0.218. The number of hydrogen-bond acceptors (Lipinski definition) is 4. The molecule has 4 nitrogen and oxygen atoms in total. The largest absolute Gasteiger partial charge is 0.492 e. The topological polar surface area (TPSA) is 45.6 Å². The smallest absolute Gasteiger partial charge is 0.123 e. The van der Waals surface area contributed by atoms with Gasteiger partial charge in [0.05, 0.1) is 0 Å². The summed E-state index contributed by atoms with van der Waals surface area (Å²) >= 11 is 0. The third-order valence-corrected chi connectivity index (χ3v) is 5.30. The highest BCUT2D eigenvalue weighted by Gasteiger charge is 2.18. The zero-order chi connectivity index (χ0) is 19.3. The molecule has 4 rings (SSSR count). The molecule has 1 aromatic heterocycles. The second-order valence-electron chi connectivity index (χ2n) is 7.29. The Morgan fingerprint density at radius 2 is 1.89 bits per heavy atom. The Hall–Kier alpha value is -2.69. The summed E-state index contributed by atoms with van der Waals surface area (Å²) in [6, 6.07) is 18.6. The molecule has 2 heterocycles. The number of pyridine rings is 1. The van der Waals surface area contributed by atoms with Crippen molar-refractivity contribution in [2.24, 2.45) is 0 Å². The van der Waals surface area contributed by atoms with Crippen LogP contribution in [0.2, 0.25) is 0 Å². The van der Waals surface area contributed by atoms with Crippen LogP contribution in [0.15, 0.2) is 67.0 Å². The molecule has 0 unspecified atom stereocenters. The van der Waals surface area contributed by atoms with Crippen LogP contribution in [-0.4, -0.2) is 28.1 Å². The van der Waals surface area contributed by atoms with E-state index >= 15 is 0 Å². The molecule has 3 aromatic rings. The fourth-order valence-electron chi connectivity index (χ4n) is 3.64. The number of aryl methyl sites for hydroxylation is 1. The summed E-state index contributed by atoms with van der Waals surface area (Å²) in [5, 5.41) is 10.7. The van der Waals surface area contributed by atoms with Gasteiger partial charge >= 0.3 is 0 Å². The van der Waals surface area contributed by atoms with E-state index in [0.717, 1.165) is 48.5 Å². The summed E-state index contributed by atoms with van der Waals surface area (Å²) in [6.07, 6.45) is 3.80. The molecule has 0 saturated carbocycles. The zero-order valence-electron chi connectivity index (χ0n) is 16.2. The summed E-state index contributed by atoms with van der Waals surface area (Å²) in [7, 11) is 0. The Morgan fingerprint density at radius 1 is 1.07 bits per heavy atom. The molecule has 28 heavy (non-hydrogen) atoms. The predicted octanol–water partition coefficient (Wildman–Crippen LogP) is 4.12. The maximum atomic E-state index is 10.7. The second kappa shape index (κ2) is 8.55. The summed E-state index contributed by atoms with van der Waals surface area (Å²) in [6.45, 7) is 5.42. The molecular formula is C24H26N2O2. The fourth-order valence-corrected chi connectivity index (χ4v) is 3.64. The molecule has 1 aliphatic heterocycles. The number of aliphatic hydroxyl groups excluding tert-OH is 1. The van der Waals surface area contributed by atoms with E-state index in [2.05, 4.69) is 47.1 Å². The van der Waals surface area contributed by atoms with Crippen LogP contribution in [0.25, 0.3) is 0 Å². The quantitative estimate of drug-likeness (QED) is 0.730. The second-order valence-corrected chi connectivity index (χ2v) is 7.29. The number of aliphatic hydroxyl groups is 1. The van der Waals surface area contributed by atoms with Crippen LogP contribution in [0.3, 0.4) is 0 Å². The van der Waals surface area contributed by atoms with Crippen molar-refractivity contribution in [2.75, 3.05) is 13.2 Å². The lowest BCUT2D eigenvalue weighted by Gasteiger charge is -2.20. The number of nitrogens with zero attached hydrogens (tertiary/aromatic N) is 2. The average molecular weight is 374 g/mol. The number of fused-ring (bicyclic) bond motifs is 1. The van der Waals surface area contributed by atoms with Gasteiger partial charge in [-0.05, 0) is 41.3 Å². The van der Waals surface area contributed by atoms with Gasteiger partial charge < -0.3 is 9.84 Å². The third kappa shape index (κ3) is 4.24. The minimum absolute atomic E-state index is 0.671. The third-order valence-electron chi connectivity index (χ3n) is 5.30. The van der Waals surface area contributed by atoms with E-state index in [4.69, 9.17) is 4.74 Å². The monoisotopic (exact) mass is 374 g/mol. The molecule has 1 aliphatic rings. The highest BCUT2D eigenvalue weighted by molar-refractivity contribution is 5.41. The van der Waals surface area contributed by atoms with Crippen molar-refractivity contribution in [3.8, 4) is 5.75 Å². The Balaban J connectivity index is 1.52. The van der Waals surface area contributed by atoms with Gasteiger partial charge in [-0.2, -0.15) is 0 Å². The van der Waals surface area contributed by atoms with Crippen molar-refractivity contribution in [1.82, 2.24) is 9.88 Å². The normalized spacial score (nSPS) is 15.4. The molecule has 2 aromatic carbocycles. The molecule has 0 bridgehead atoms. The van der Waals surface area contributed by atoms with E-state index in [9.17, 15) is 5.11 Å². The molecule has 1 atom stereocenters. The van der Waals surface area contributed by atoms with Gasteiger partial charge in [-0.25, -0.2) is 0 Å². The Bertz CT molecular complexity index is 910. The lowest BCUT2D eigenvalue weighted by Crippen LogP contribution is -2.25. The number of ether oxygens (including phenoxy) is 1. The van der Waals surface area contributed by atoms with Crippen LogP contribution in [0.1, 0.15) is 40.8 Å². The van der Waals surface area contributed by atoms with Crippen molar-refractivity contribution in [2.45, 2.75) is 32.5 Å². The van der Waals surface area contributed by atoms with E-state index in [1.807, 2.05) is 24.3 Å². The van der Waals surface area contributed by atoms with Crippen molar-refractivity contribution in [3.05, 3.63) is 94.8 Å². The maximum Gasteiger partial charge on any atom is 0.123 e. The highest BCUT2D eigenvalue weighted by Crippen LogP contribution is 2.29. The van der Waals surface area contributed by atoms with Crippen molar-refractivity contribution < 1.29 is 9.84 Å². The average Bonchev–Trinajstić information content (AvgIpc) is 2.95. The zero-order valence-corrected chi connectivity index (χ0v) is 16.2. The predicted molar refractivity (Wildman–Crippen MR) is 110 cm³/mol. The van der Waals surface area contributed by atoms with E-state index in [-0.39, 0.29) is 0 Å². The van der Waals surface area contributed by atoms with E-state index in [1.54, 1.807) is 12.4 Å². The lowest BCUT2D eigenvalue weighted by atomic mass is 10.00. The summed E-state index contributed by atoms with van der Waals surface area (Å²) < 4.78 is 5.96. The minimum atomic E-state index is -0.683. The molecule has 0 radical (unpaired) electrons. The highest BCUT2D eigenvalue weighted by atomic mass is 16.5. The van der Waals surface area contributed by atoms with Gasteiger partial charge in [0.25, 0.3) is 0 Å². The van der Waals surface area contributed by atoms with Crippen LogP contribution in [-0.2, 0) is 19.5 Å². The Labute approximate surface area is 166 Å². The molecule has 4 heteroatoms. The maximum absolute atomic E-state index is 10.7. The van der Waals surface area contributed by atoms with E-state index < -0.39 is 6.10 Å². The number of hydrogen-bond donors (Lipinski definition) is 1. The van der Waals surface area contributed by atoms with E-state index in [0.29, 0.717) is 6.61 Å². The van der Waals surface area contributed by atoms with Crippen molar-refractivity contribution in [3.63, 3.8) is 0 Å². The van der Waals surface area contributed by atoms with Crippen LogP contribution in [0, 0.1) is 0 Å². The van der Waals surface area contributed by atoms with Gasteiger partial charge in [0.2, 0.25) is 0 Å². The first-order chi connectivity index (χ1) is 13.7. The van der Waals surface area contributed by atoms with Crippen LogP contribution in [0.4, 0.5) is 0 Å². The first-order valence-electron chi connectivity index (χ1n) is 9.86. The number of benzene rings is 2. The molecule has 0 saturated heterocycles. The Kier molecular flexibility index (Phi) is 5.70. The molecule has 0 fully saturated rings. The minimum Gasteiger partial charge on any atom is -0.492 e. The van der Waals surface area contributed by atoms with Gasteiger partial charge in [-0.1, -0.05) is 43.3 Å². The number of aromatic nitrogens is 1.